The summed E-state index contributed by atoms with van der Waals surface area (Å²) in [7, 11) is 2.89. The molecule has 6 nitrogen and oxygen atoms in total. The zero-order chi connectivity index (χ0) is 18.7. The van der Waals surface area contributed by atoms with E-state index in [-0.39, 0.29) is 17.0 Å². The highest BCUT2D eigenvalue weighted by molar-refractivity contribution is 6.32. The van der Waals surface area contributed by atoms with Crippen molar-refractivity contribution in [2.45, 2.75) is 0 Å². The maximum Gasteiger partial charge on any atom is 0.278 e. The van der Waals surface area contributed by atoms with Crippen LogP contribution in [0.5, 0.6) is 11.5 Å². The lowest BCUT2D eigenvalue weighted by Gasteiger charge is -2.13. The molecule has 1 amide bonds. The molecule has 0 aliphatic rings. The molecule has 0 fully saturated rings. The van der Waals surface area contributed by atoms with Crippen molar-refractivity contribution < 1.29 is 23.1 Å². The average Bonchev–Trinajstić information content (AvgIpc) is 3.12. The second kappa shape index (κ2) is 7.45. The first kappa shape index (κ1) is 17.8. The standard InChI is InChI=1S/C18H14ClFN2O4/c1-24-14-8-13(15(25-2)7-11(14)19)22-18(23)16-17(26-9-21-16)10-5-3-4-6-12(10)20/h3-9H,1-2H3,(H,22,23). The molecule has 1 N–H and O–H groups in total. The number of amides is 1. The number of aromatic nitrogens is 1. The van der Waals surface area contributed by atoms with E-state index in [1.807, 2.05) is 0 Å². The van der Waals surface area contributed by atoms with Gasteiger partial charge >= 0.3 is 0 Å². The number of hydrogen-bond acceptors (Lipinski definition) is 5. The van der Waals surface area contributed by atoms with E-state index in [0.717, 1.165) is 6.39 Å². The third kappa shape index (κ3) is 3.34. The topological polar surface area (TPSA) is 73.6 Å². The second-order valence-electron chi connectivity index (χ2n) is 5.15. The van der Waals surface area contributed by atoms with Crippen LogP contribution >= 0.6 is 11.6 Å². The van der Waals surface area contributed by atoms with Gasteiger partial charge in [-0.05, 0) is 12.1 Å². The molecule has 0 bridgehead atoms. The summed E-state index contributed by atoms with van der Waals surface area (Å²) in [6.45, 7) is 0. The summed E-state index contributed by atoms with van der Waals surface area (Å²) in [4.78, 5) is 16.5. The number of methoxy groups -OCH3 is 2. The summed E-state index contributed by atoms with van der Waals surface area (Å²) in [5, 5.41) is 2.98. The highest BCUT2D eigenvalue weighted by Gasteiger charge is 2.22. The highest BCUT2D eigenvalue weighted by atomic mass is 35.5. The predicted octanol–water partition coefficient (Wildman–Crippen LogP) is 4.40. The molecule has 0 radical (unpaired) electrons. The van der Waals surface area contributed by atoms with E-state index >= 15 is 0 Å². The van der Waals surface area contributed by atoms with E-state index in [2.05, 4.69) is 10.3 Å². The van der Waals surface area contributed by atoms with Gasteiger partial charge in [0.25, 0.3) is 5.91 Å². The molecule has 0 aliphatic heterocycles. The average molecular weight is 377 g/mol. The number of benzene rings is 2. The number of oxazole rings is 1. The van der Waals surface area contributed by atoms with Crippen LogP contribution in [-0.2, 0) is 0 Å². The van der Waals surface area contributed by atoms with Gasteiger partial charge in [-0.15, -0.1) is 0 Å². The van der Waals surface area contributed by atoms with E-state index in [1.54, 1.807) is 12.1 Å². The molecule has 2 aromatic carbocycles. The van der Waals surface area contributed by atoms with Gasteiger partial charge in [-0.1, -0.05) is 23.7 Å². The van der Waals surface area contributed by atoms with Gasteiger partial charge in [-0.3, -0.25) is 4.79 Å². The van der Waals surface area contributed by atoms with E-state index < -0.39 is 11.7 Å². The molecule has 0 atom stereocenters. The lowest BCUT2D eigenvalue weighted by atomic mass is 10.1. The maximum absolute atomic E-state index is 14.0. The van der Waals surface area contributed by atoms with Gasteiger partial charge < -0.3 is 19.2 Å². The van der Waals surface area contributed by atoms with Crippen LogP contribution < -0.4 is 14.8 Å². The normalized spacial score (nSPS) is 10.5. The number of anilines is 1. The molecular formula is C18H14ClFN2O4. The Morgan fingerprint density at radius 3 is 2.62 bits per heavy atom. The minimum atomic E-state index is -0.598. The fourth-order valence-electron chi connectivity index (χ4n) is 2.38. The van der Waals surface area contributed by atoms with Crippen molar-refractivity contribution in [2.24, 2.45) is 0 Å². The third-order valence-corrected chi connectivity index (χ3v) is 3.92. The molecule has 0 aliphatic carbocycles. The number of hydrogen-bond donors (Lipinski definition) is 1. The fourth-order valence-corrected chi connectivity index (χ4v) is 2.61. The minimum absolute atomic E-state index is 0.0282. The van der Waals surface area contributed by atoms with Crippen molar-refractivity contribution in [3.63, 3.8) is 0 Å². The van der Waals surface area contributed by atoms with E-state index in [0.29, 0.717) is 22.2 Å². The van der Waals surface area contributed by atoms with Gasteiger partial charge in [0.1, 0.15) is 17.3 Å². The first-order valence-electron chi connectivity index (χ1n) is 7.46. The van der Waals surface area contributed by atoms with Crippen LogP contribution in [0.25, 0.3) is 11.3 Å². The Kier molecular flexibility index (Phi) is 5.09. The number of rotatable bonds is 5. The monoisotopic (exact) mass is 376 g/mol. The molecule has 3 rings (SSSR count). The van der Waals surface area contributed by atoms with Gasteiger partial charge in [-0.25, -0.2) is 9.37 Å². The van der Waals surface area contributed by atoms with Crippen LogP contribution in [0.15, 0.2) is 47.2 Å². The molecule has 1 aromatic heterocycles. The Balaban J connectivity index is 1.96. The van der Waals surface area contributed by atoms with Crippen LogP contribution in [0.4, 0.5) is 10.1 Å². The number of nitrogens with zero attached hydrogens (tertiary/aromatic N) is 1. The van der Waals surface area contributed by atoms with Crippen LogP contribution in [0.3, 0.4) is 0 Å². The summed E-state index contributed by atoms with van der Waals surface area (Å²) in [5.74, 6) is -0.401. The number of carbonyl (C=O) groups is 1. The lowest BCUT2D eigenvalue weighted by Crippen LogP contribution is -2.14. The summed E-state index contributed by atoms with van der Waals surface area (Å²) < 4.78 is 29.6. The summed E-state index contributed by atoms with van der Waals surface area (Å²) in [6.07, 6.45) is 1.08. The van der Waals surface area contributed by atoms with Crippen LogP contribution in [-0.4, -0.2) is 25.1 Å². The Hall–Kier alpha value is -3.06. The Morgan fingerprint density at radius 1 is 1.19 bits per heavy atom. The van der Waals surface area contributed by atoms with Gasteiger partial charge in [0.05, 0.1) is 30.5 Å². The molecular weight excluding hydrogens is 363 g/mol. The highest BCUT2D eigenvalue weighted by Crippen LogP contribution is 2.36. The van der Waals surface area contributed by atoms with Crippen LogP contribution in [0.1, 0.15) is 10.5 Å². The quantitative estimate of drug-likeness (QED) is 0.714. The summed E-state index contributed by atoms with van der Waals surface area (Å²) in [5.41, 5.74) is 0.392. The summed E-state index contributed by atoms with van der Waals surface area (Å²) >= 11 is 6.05. The number of carbonyl (C=O) groups excluding carboxylic acids is 1. The van der Waals surface area contributed by atoms with Crippen molar-refractivity contribution >= 4 is 23.2 Å². The molecule has 26 heavy (non-hydrogen) atoms. The van der Waals surface area contributed by atoms with Crippen molar-refractivity contribution in [2.75, 3.05) is 19.5 Å². The molecule has 0 unspecified atom stereocenters. The molecule has 3 aromatic rings. The molecule has 0 spiro atoms. The van der Waals surface area contributed by atoms with Crippen molar-refractivity contribution in [3.8, 4) is 22.8 Å². The molecule has 134 valence electrons. The predicted molar refractivity (Wildman–Crippen MR) is 94.4 cm³/mol. The SMILES string of the molecule is COc1cc(NC(=O)c2ncoc2-c2ccccc2F)c(OC)cc1Cl. The van der Waals surface area contributed by atoms with Gasteiger partial charge in [-0.2, -0.15) is 0 Å². The lowest BCUT2D eigenvalue weighted by molar-refractivity contribution is 0.102. The van der Waals surface area contributed by atoms with Crippen LogP contribution in [0.2, 0.25) is 5.02 Å². The van der Waals surface area contributed by atoms with Crippen molar-refractivity contribution in [3.05, 3.63) is 59.3 Å². The van der Waals surface area contributed by atoms with Gasteiger partial charge in [0, 0.05) is 12.1 Å². The van der Waals surface area contributed by atoms with E-state index in [9.17, 15) is 9.18 Å². The third-order valence-electron chi connectivity index (χ3n) is 3.62. The zero-order valence-electron chi connectivity index (χ0n) is 13.9. The fraction of sp³-hybridized carbons (Fsp3) is 0.111. The minimum Gasteiger partial charge on any atom is -0.495 e. The molecule has 8 heteroatoms. The number of nitrogens with one attached hydrogen (secondary N) is 1. The molecule has 0 saturated heterocycles. The van der Waals surface area contributed by atoms with Crippen molar-refractivity contribution in [1.82, 2.24) is 4.98 Å². The van der Waals surface area contributed by atoms with Crippen molar-refractivity contribution in [1.29, 1.82) is 0 Å². The second-order valence-corrected chi connectivity index (χ2v) is 5.56. The Bertz CT molecular complexity index is 958. The number of ether oxygens (including phenoxy) is 2. The summed E-state index contributed by atoms with van der Waals surface area (Å²) in [6, 6.07) is 8.97. The van der Waals surface area contributed by atoms with Crippen LogP contribution in [0, 0.1) is 5.82 Å². The first-order valence-corrected chi connectivity index (χ1v) is 7.84. The Labute approximate surface area is 153 Å². The van der Waals surface area contributed by atoms with E-state index in [4.69, 9.17) is 25.5 Å². The first-order chi connectivity index (χ1) is 12.5. The molecule has 0 saturated carbocycles. The van der Waals surface area contributed by atoms with E-state index in [1.165, 1.54) is 38.5 Å². The van der Waals surface area contributed by atoms with Gasteiger partial charge in [0.15, 0.2) is 17.8 Å². The maximum atomic E-state index is 14.0. The zero-order valence-corrected chi connectivity index (χ0v) is 14.6. The molecule has 1 heterocycles. The Morgan fingerprint density at radius 2 is 1.92 bits per heavy atom. The number of halogens is 2. The smallest absolute Gasteiger partial charge is 0.278 e. The van der Waals surface area contributed by atoms with Gasteiger partial charge in [0.2, 0.25) is 0 Å². The largest absolute Gasteiger partial charge is 0.495 e.